The molecule has 3 aromatic carbocycles. The van der Waals surface area contributed by atoms with Crippen LogP contribution in [0.3, 0.4) is 0 Å². The number of ether oxygens (including phenoxy) is 1. The van der Waals surface area contributed by atoms with Crippen LogP contribution in [0.4, 0.5) is 0 Å². The Morgan fingerprint density at radius 3 is 2.13 bits per heavy atom. The molecule has 16 heteroatoms. The molecule has 0 spiro atoms. The molecule has 9 rings (SSSR count). The summed E-state index contributed by atoms with van der Waals surface area (Å²) >= 11 is 3.26. The SMILES string of the molecule is COC(=O)C[C@@H]1N=C(c2ccc(-c3ccc(-c4cnn([C@H](C(=O)N5C[C@H](O)C[C@H]5C(=O)N[C@@H](C)c5ccc(-c6scnc6C)cc5)C(C)C)c4)cc3)cc2)c2c(sc(C)c2C)-n2c(C)nnc21. The summed E-state index contributed by atoms with van der Waals surface area (Å²) in [6, 6.07) is 22.2. The summed E-state index contributed by atoms with van der Waals surface area (Å²) < 4.78 is 8.76. The molecule has 0 bridgehead atoms. The van der Waals surface area contributed by atoms with Crippen LogP contribution in [0.2, 0.25) is 0 Å². The Kier molecular flexibility index (Phi) is 12.6. The van der Waals surface area contributed by atoms with Crippen molar-refractivity contribution in [1.82, 2.24) is 39.7 Å². The van der Waals surface area contributed by atoms with Gasteiger partial charge in [0.1, 0.15) is 29.0 Å². The molecular weight excluding hydrogens is 883 g/mol. The predicted octanol–water partition coefficient (Wildman–Crippen LogP) is 8.71. The average molecular weight is 936 g/mol. The molecule has 5 atom stereocenters. The van der Waals surface area contributed by atoms with Crippen molar-refractivity contribution in [2.45, 2.75) is 91.6 Å². The van der Waals surface area contributed by atoms with E-state index >= 15 is 0 Å². The summed E-state index contributed by atoms with van der Waals surface area (Å²) in [6.07, 6.45) is 3.00. The number of aromatic nitrogens is 6. The van der Waals surface area contributed by atoms with E-state index < -0.39 is 24.2 Å². The van der Waals surface area contributed by atoms with Gasteiger partial charge in [-0.1, -0.05) is 86.6 Å². The molecule has 2 aliphatic heterocycles. The number of β-amino-alcohol motifs (C(OH)–C–C–N with tert-alkyl or cyclic N) is 1. The molecule has 1 saturated heterocycles. The van der Waals surface area contributed by atoms with Crippen molar-refractivity contribution in [3.63, 3.8) is 0 Å². The fourth-order valence-corrected chi connectivity index (χ4v) is 11.2. The highest BCUT2D eigenvalue weighted by Gasteiger charge is 2.43. The number of thiophene rings is 1. The lowest BCUT2D eigenvalue weighted by molar-refractivity contribution is -0.142. The van der Waals surface area contributed by atoms with E-state index in [1.54, 1.807) is 33.6 Å². The normalized spacial score (nSPS) is 17.7. The van der Waals surface area contributed by atoms with Crippen LogP contribution in [-0.4, -0.2) is 88.8 Å². The Hall–Kier alpha value is -6.62. The fraction of sp³-hybridized carbons (Fsp3) is 0.333. The Labute approximate surface area is 397 Å². The van der Waals surface area contributed by atoms with E-state index in [0.29, 0.717) is 5.82 Å². The van der Waals surface area contributed by atoms with E-state index in [1.807, 2.05) is 87.3 Å². The van der Waals surface area contributed by atoms with Crippen LogP contribution in [-0.2, 0) is 19.1 Å². The van der Waals surface area contributed by atoms with Crippen LogP contribution in [0.1, 0.15) is 96.2 Å². The number of esters is 1. The first-order valence-electron chi connectivity index (χ1n) is 22.4. The average Bonchev–Trinajstić information content (AvgIpc) is 4.17. The number of aliphatic hydroxyl groups excluding tert-OH is 1. The van der Waals surface area contributed by atoms with Crippen LogP contribution in [0.15, 0.2) is 95.7 Å². The summed E-state index contributed by atoms with van der Waals surface area (Å²) in [4.78, 5) is 54.2. The van der Waals surface area contributed by atoms with Gasteiger partial charge in [0.05, 0.1) is 53.7 Å². The van der Waals surface area contributed by atoms with Crippen molar-refractivity contribution < 1.29 is 24.2 Å². The molecule has 0 radical (unpaired) electrons. The summed E-state index contributed by atoms with van der Waals surface area (Å²) in [5.74, 6) is 0.252. The second-order valence-corrected chi connectivity index (χ2v) is 19.8. The maximum absolute atomic E-state index is 14.4. The number of carbonyl (C=O) groups is 3. The van der Waals surface area contributed by atoms with Gasteiger partial charge in [0.15, 0.2) is 5.82 Å². The van der Waals surface area contributed by atoms with Crippen LogP contribution in [0.5, 0.6) is 0 Å². The third kappa shape index (κ3) is 8.76. The minimum Gasteiger partial charge on any atom is -0.469 e. The number of thiazole rings is 1. The molecule has 344 valence electrons. The number of nitrogens with one attached hydrogen (secondary N) is 1. The Morgan fingerprint density at radius 2 is 1.51 bits per heavy atom. The second-order valence-electron chi connectivity index (χ2n) is 17.7. The van der Waals surface area contributed by atoms with Crippen LogP contribution < -0.4 is 5.32 Å². The zero-order chi connectivity index (χ0) is 47.3. The molecule has 67 heavy (non-hydrogen) atoms. The Morgan fingerprint density at radius 1 is 0.866 bits per heavy atom. The van der Waals surface area contributed by atoms with Gasteiger partial charge < -0.3 is 20.1 Å². The molecule has 2 aliphatic rings. The molecule has 1 fully saturated rings. The van der Waals surface area contributed by atoms with Crippen molar-refractivity contribution >= 4 is 46.2 Å². The molecule has 0 aliphatic carbocycles. The molecule has 0 unspecified atom stereocenters. The second kappa shape index (κ2) is 18.6. The highest BCUT2D eigenvalue weighted by Crippen LogP contribution is 2.40. The number of benzene rings is 3. The molecule has 14 nitrogen and oxygen atoms in total. The molecule has 6 heterocycles. The summed E-state index contributed by atoms with van der Waals surface area (Å²) in [6.45, 7) is 14.0. The zero-order valence-electron chi connectivity index (χ0n) is 38.7. The van der Waals surface area contributed by atoms with Crippen molar-refractivity contribution in [2.24, 2.45) is 10.9 Å². The van der Waals surface area contributed by atoms with Gasteiger partial charge in [-0.25, -0.2) is 4.98 Å². The van der Waals surface area contributed by atoms with E-state index in [0.717, 1.165) is 77.2 Å². The van der Waals surface area contributed by atoms with Crippen molar-refractivity contribution in [3.8, 4) is 37.7 Å². The first kappa shape index (κ1) is 45.5. The fourth-order valence-electron chi connectivity index (χ4n) is 9.16. The molecular formula is C51H53N9O5S2. The molecule has 0 saturated carbocycles. The summed E-state index contributed by atoms with van der Waals surface area (Å²) in [5, 5.41) is 28.4. The van der Waals surface area contributed by atoms with Crippen molar-refractivity contribution in [3.05, 3.63) is 135 Å². The first-order chi connectivity index (χ1) is 32.2. The largest absolute Gasteiger partial charge is 0.469 e. The number of hydrogen-bond acceptors (Lipinski definition) is 12. The maximum atomic E-state index is 14.4. The minimum atomic E-state index is -0.820. The van der Waals surface area contributed by atoms with E-state index in [4.69, 9.17) is 9.73 Å². The number of rotatable bonds is 12. The molecule has 2 amide bonds. The Bertz CT molecular complexity index is 3000. The van der Waals surface area contributed by atoms with Gasteiger partial charge in [-0.2, -0.15) is 5.10 Å². The number of hydrogen-bond donors (Lipinski definition) is 2. The summed E-state index contributed by atoms with van der Waals surface area (Å²) in [7, 11) is 1.38. The highest BCUT2D eigenvalue weighted by molar-refractivity contribution is 7.15. The lowest BCUT2D eigenvalue weighted by Crippen LogP contribution is -2.49. The van der Waals surface area contributed by atoms with E-state index in [2.05, 4.69) is 75.8 Å². The number of fused-ring (bicyclic) bond motifs is 3. The number of amides is 2. The molecule has 7 aromatic rings. The monoisotopic (exact) mass is 935 g/mol. The van der Waals surface area contributed by atoms with Gasteiger partial charge in [-0.15, -0.1) is 32.9 Å². The maximum Gasteiger partial charge on any atom is 0.308 e. The van der Waals surface area contributed by atoms with Gasteiger partial charge in [0.2, 0.25) is 11.8 Å². The first-order valence-corrected chi connectivity index (χ1v) is 24.1. The quantitative estimate of drug-likeness (QED) is 0.114. The molecule has 4 aromatic heterocycles. The summed E-state index contributed by atoms with van der Waals surface area (Å²) in [5.41, 5.74) is 12.5. The van der Waals surface area contributed by atoms with Gasteiger partial charge >= 0.3 is 5.97 Å². The topological polar surface area (TPSA) is 170 Å². The third-order valence-electron chi connectivity index (χ3n) is 12.9. The third-order valence-corrected chi connectivity index (χ3v) is 15.1. The number of nitrogens with zero attached hydrogens (tertiary/aromatic N) is 8. The van der Waals surface area contributed by atoms with Crippen LogP contribution in [0.25, 0.3) is 37.7 Å². The smallest absolute Gasteiger partial charge is 0.308 e. The number of likely N-dealkylation sites (tertiary alicyclic amines) is 1. The zero-order valence-corrected chi connectivity index (χ0v) is 40.4. The highest BCUT2D eigenvalue weighted by atomic mass is 32.1. The standard InChI is InChI=1S/C51H53N9O5S2/c1-27(2)46(50(64)58-25-40(61)21-42(58)49(63)54-29(4)33-9-19-38(20-10-33)47-30(5)52-26-66-47)59-24-39(23-53-59)36-13-11-34(12-14-36)35-15-17-37(18-16-35)45-44-28(3)31(6)67-51(44)60-32(7)56-57-48(60)41(55-45)22-43(62)65-8/h9-20,23-24,26-27,29,40-42,46,61H,21-22,25H2,1-8H3,(H,54,63)/t29-,40+,41-,42-,46-/m0/s1. The van der Waals surface area contributed by atoms with Crippen molar-refractivity contribution in [1.29, 1.82) is 0 Å². The van der Waals surface area contributed by atoms with E-state index in [9.17, 15) is 19.5 Å². The number of aliphatic hydroxyl groups is 1. The number of aliphatic imine (C=N–C) groups is 1. The molecule has 2 N–H and O–H groups in total. The van der Waals surface area contributed by atoms with E-state index in [-0.39, 0.29) is 49.1 Å². The lowest BCUT2D eigenvalue weighted by atomic mass is 9.96. The van der Waals surface area contributed by atoms with Crippen LogP contribution in [0, 0.1) is 33.6 Å². The lowest BCUT2D eigenvalue weighted by Gasteiger charge is -2.30. The van der Waals surface area contributed by atoms with Crippen molar-refractivity contribution in [2.75, 3.05) is 13.7 Å². The minimum absolute atomic E-state index is 0.0379. The number of aryl methyl sites for hydroxylation is 3. The predicted molar refractivity (Wildman–Crippen MR) is 260 cm³/mol. The number of methoxy groups -OCH3 is 1. The van der Waals surface area contributed by atoms with Crippen LogP contribution >= 0.6 is 22.7 Å². The van der Waals surface area contributed by atoms with Gasteiger partial charge in [0, 0.05) is 40.7 Å². The van der Waals surface area contributed by atoms with Gasteiger partial charge in [0.25, 0.3) is 0 Å². The van der Waals surface area contributed by atoms with Gasteiger partial charge in [-0.3, -0.25) is 28.6 Å². The van der Waals surface area contributed by atoms with E-state index in [1.165, 1.54) is 16.9 Å². The number of carbonyl (C=O) groups excluding carboxylic acids is 3. The Balaban J connectivity index is 0.902. The van der Waals surface area contributed by atoms with Gasteiger partial charge in [-0.05, 0) is 73.9 Å².